The Balaban J connectivity index is 3.35. The van der Waals surface area contributed by atoms with Crippen molar-refractivity contribution in [3.05, 3.63) is 28.5 Å². The third-order valence-corrected chi connectivity index (χ3v) is 2.23. The van der Waals surface area contributed by atoms with Crippen molar-refractivity contribution < 1.29 is 9.13 Å². The Morgan fingerprint density at radius 3 is 2.43 bits per heavy atom. The second-order valence-electron chi connectivity index (χ2n) is 3.69. The fourth-order valence-corrected chi connectivity index (χ4v) is 1.36. The van der Waals surface area contributed by atoms with Crippen molar-refractivity contribution in [3.8, 4) is 5.75 Å². The van der Waals surface area contributed by atoms with E-state index in [1.807, 2.05) is 0 Å². The van der Waals surface area contributed by atoms with Gasteiger partial charge in [0.2, 0.25) is 0 Å². The van der Waals surface area contributed by atoms with Gasteiger partial charge in [-0.3, -0.25) is 0 Å². The summed E-state index contributed by atoms with van der Waals surface area (Å²) < 4.78 is 18.1. The zero-order valence-electron chi connectivity index (χ0n) is 8.40. The first-order valence-electron chi connectivity index (χ1n) is 4.18. The molecule has 0 atom stereocenters. The van der Waals surface area contributed by atoms with Crippen molar-refractivity contribution >= 4 is 11.6 Å². The van der Waals surface area contributed by atoms with Crippen molar-refractivity contribution in [1.29, 1.82) is 0 Å². The van der Waals surface area contributed by atoms with Gasteiger partial charge in [-0.2, -0.15) is 0 Å². The maximum atomic E-state index is 13.1. The van der Waals surface area contributed by atoms with E-state index in [0.717, 1.165) is 0 Å². The van der Waals surface area contributed by atoms with Crippen molar-refractivity contribution in [3.63, 3.8) is 0 Å². The van der Waals surface area contributed by atoms with E-state index in [1.165, 1.54) is 19.2 Å². The molecule has 0 aliphatic rings. The van der Waals surface area contributed by atoms with Crippen LogP contribution in [0.5, 0.6) is 5.75 Å². The topological polar surface area (TPSA) is 35.2 Å². The molecule has 0 aliphatic heterocycles. The van der Waals surface area contributed by atoms with Crippen LogP contribution < -0.4 is 10.5 Å². The lowest BCUT2D eigenvalue weighted by Crippen LogP contribution is -2.29. The Bertz CT molecular complexity index is 347. The lowest BCUT2D eigenvalue weighted by molar-refractivity contribution is 0.391. The number of hydrogen-bond acceptors (Lipinski definition) is 2. The molecule has 1 rings (SSSR count). The van der Waals surface area contributed by atoms with Gasteiger partial charge in [-0.1, -0.05) is 11.6 Å². The summed E-state index contributed by atoms with van der Waals surface area (Å²) in [6, 6.07) is 2.74. The van der Waals surface area contributed by atoms with E-state index in [2.05, 4.69) is 0 Å². The molecule has 0 saturated heterocycles. The minimum atomic E-state index is -0.608. The van der Waals surface area contributed by atoms with Crippen LogP contribution in [0.3, 0.4) is 0 Å². The quantitative estimate of drug-likeness (QED) is 0.827. The number of benzene rings is 1. The molecule has 0 aliphatic carbocycles. The Morgan fingerprint density at radius 1 is 1.43 bits per heavy atom. The first-order chi connectivity index (χ1) is 6.36. The number of nitrogens with two attached hydrogens (primary N) is 1. The largest absolute Gasteiger partial charge is 0.496 e. The molecular formula is C10H13ClFNO. The maximum absolute atomic E-state index is 13.1. The zero-order chi connectivity index (χ0) is 10.9. The zero-order valence-corrected chi connectivity index (χ0v) is 9.15. The van der Waals surface area contributed by atoms with Crippen molar-refractivity contribution in [2.75, 3.05) is 7.11 Å². The third-order valence-electron chi connectivity index (χ3n) is 1.94. The van der Waals surface area contributed by atoms with E-state index < -0.39 is 11.4 Å². The number of halogens is 2. The Labute approximate surface area is 87.8 Å². The SMILES string of the molecule is COc1cc(F)c(Cl)cc1C(C)(C)N. The van der Waals surface area contributed by atoms with Gasteiger partial charge in [0.25, 0.3) is 0 Å². The van der Waals surface area contributed by atoms with Gasteiger partial charge in [0, 0.05) is 17.2 Å². The molecule has 0 heterocycles. The van der Waals surface area contributed by atoms with Crippen LogP contribution in [0.2, 0.25) is 5.02 Å². The highest BCUT2D eigenvalue weighted by Gasteiger charge is 2.21. The highest BCUT2D eigenvalue weighted by molar-refractivity contribution is 6.30. The lowest BCUT2D eigenvalue weighted by atomic mass is 9.94. The van der Waals surface area contributed by atoms with Gasteiger partial charge in [0.05, 0.1) is 12.1 Å². The molecule has 0 spiro atoms. The molecule has 0 amide bonds. The molecule has 0 fully saturated rings. The second-order valence-corrected chi connectivity index (χ2v) is 4.10. The predicted molar refractivity (Wildman–Crippen MR) is 55.2 cm³/mol. The Morgan fingerprint density at radius 2 is 2.00 bits per heavy atom. The predicted octanol–water partition coefficient (Wildman–Crippen LogP) is 2.68. The Hall–Kier alpha value is -0.800. The smallest absolute Gasteiger partial charge is 0.145 e. The van der Waals surface area contributed by atoms with E-state index in [9.17, 15) is 4.39 Å². The molecule has 2 N–H and O–H groups in total. The number of hydrogen-bond donors (Lipinski definition) is 1. The highest BCUT2D eigenvalue weighted by Crippen LogP contribution is 2.32. The van der Waals surface area contributed by atoms with Crippen molar-refractivity contribution in [2.24, 2.45) is 5.73 Å². The van der Waals surface area contributed by atoms with Crippen LogP contribution in [0.25, 0.3) is 0 Å². The molecule has 1 aromatic rings. The molecular weight excluding hydrogens is 205 g/mol. The van der Waals surface area contributed by atoms with Gasteiger partial charge in [0.1, 0.15) is 11.6 Å². The summed E-state index contributed by atoms with van der Waals surface area (Å²) in [5.74, 6) is -0.0871. The van der Waals surface area contributed by atoms with E-state index in [1.54, 1.807) is 13.8 Å². The van der Waals surface area contributed by atoms with Crippen LogP contribution in [0.4, 0.5) is 4.39 Å². The monoisotopic (exact) mass is 217 g/mol. The van der Waals surface area contributed by atoms with Gasteiger partial charge in [-0.15, -0.1) is 0 Å². The second kappa shape index (κ2) is 3.75. The summed E-state index contributed by atoms with van der Waals surface area (Å²) >= 11 is 5.66. The maximum Gasteiger partial charge on any atom is 0.145 e. The van der Waals surface area contributed by atoms with Crippen LogP contribution in [-0.4, -0.2) is 7.11 Å². The van der Waals surface area contributed by atoms with E-state index in [4.69, 9.17) is 22.1 Å². The first-order valence-corrected chi connectivity index (χ1v) is 4.56. The highest BCUT2D eigenvalue weighted by atomic mass is 35.5. The summed E-state index contributed by atoms with van der Waals surface area (Å²) in [6.07, 6.45) is 0. The van der Waals surface area contributed by atoms with Gasteiger partial charge in [-0.25, -0.2) is 4.39 Å². The molecule has 78 valence electrons. The van der Waals surface area contributed by atoms with Crippen molar-refractivity contribution in [2.45, 2.75) is 19.4 Å². The summed E-state index contributed by atoms with van der Waals surface area (Å²) in [6.45, 7) is 3.61. The molecule has 4 heteroatoms. The summed E-state index contributed by atoms with van der Waals surface area (Å²) in [5.41, 5.74) is 5.97. The Kier molecular flexibility index (Phi) is 3.02. The minimum absolute atomic E-state index is 0.0549. The molecule has 0 radical (unpaired) electrons. The van der Waals surface area contributed by atoms with E-state index >= 15 is 0 Å². The minimum Gasteiger partial charge on any atom is -0.496 e. The number of rotatable bonds is 2. The molecule has 14 heavy (non-hydrogen) atoms. The van der Waals surface area contributed by atoms with Gasteiger partial charge >= 0.3 is 0 Å². The van der Waals surface area contributed by atoms with Gasteiger partial charge in [-0.05, 0) is 19.9 Å². The van der Waals surface area contributed by atoms with Crippen LogP contribution in [0, 0.1) is 5.82 Å². The fourth-order valence-electron chi connectivity index (χ4n) is 1.20. The summed E-state index contributed by atoms with van der Waals surface area (Å²) in [7, 11) is 1.47. The van der Waals surface area contributed by atoms with Crippen LogP contribution >= 0.6 is 11.6 Å². The molecule has 0 aromatic heterocycles. The van der Waals surface area contributed by atoms with Crippen LogP contribution in [0.15, 0.2) is 12.1 Å². The van der Waals surface area contributed by atoms with Gasteiger partial charge < -0.3 is 10.5 Å². The van der Waals surface area contributed by atoms with Crippen molar-refractivity contribution in [1.82, 2.24) is 0 Å². The molecule has 0 unspecified atom stereocenters. The standard InChI is InChI=1S/C10H13ClFNO/c1-10(2,13)6-4-7(11)8(12)5-9(6)14-3/h4-5H,13H2,1-3H3. The molecule has 0 saturated carbocycles. The molecule has 2 nitrogen and oxygen atoms in total. The van der Waals surface area contributed by atoms with Gasteiger partial charge in [0.15, 0.2) is 0 Å². The summed E-state index contributed by atoms with van der Waals surface area (Å²) in [4.78, 5) is 0. The fraction of sp³-hybridized carbons (Fsp3) is 0.400. The van der Waals surface area contributed by atoms with E-state index in [0.29, 0.717) is 11.3 Å². The number of ether oxygens (including phenoxy) is 1. The summed E-state index contributed by atoms with van der Waals surface area (Å²) in [5, 5.41) is 0.0549. The van der Waals surface area contributed by atoms with E-state index in [-0.39, 0.29) is 5.02 Å². The van der Waals surface area contributed by atoms with Crippen LogP contribution in [0.1, 0.15) is 19.4 Å². The first kappa shape index (κ1) is 11.3. The normalized spacial score (nSPS) is 11.6. The third kappa shape index (κ3) is 2.16. The average Bonchev–Trinajstić information content (AvgIpc) is 2.07. The van der Waals surface area contributed by atoms with Crippen LogP contribution in [-0.2, 0) is 5.54 Å². The average molecular weight is 218 g/mol. The molecule has 0 bridgehead atoms. The molecule has 1 aromatic carbocycles. The number of methoxy groups -OCH3 is 1. The lowest BCUT2D eigenvalue weighted by Gasteiger charge is -2.22.